The van der Waals surface area contributed by atoms with E-state index in [0.29, 0.717) is 19.3 Å². The van der Waals surface area contributed by atoms with Gasteiger partial charge in [-0.05, 0) is 77.0 Å². The van der Waals surface area contributed by atoms with Crippen LogP contribution in [0.25, 0.3) is 0 Å². The molecule has 0 aromatic heterocycles. The van der Waals surface area contributed by atoms with Gasteiger partial charge in [0.25, 0.3) is 0 Å². The summed E-state index contributed by atoms with van der Waals surface area (Å²) in [7, 11) is -5.14. The molecule has 0 aliphatic heterocycles. The van der Waals surface area contributed by atoms with Crippen LogP contribution in [0.4, 0.5) is 0 Å². The Kier molecular flexibility index (Phi) is 34.3. The molecule has 0 amide bonds. The van der Waals surface area contributed by atoms with Crippen LogP contribution >= 0.6 is 7.82 Å². The zero-order chi connectivity index (χ0) is 45.0. The van der Waals surface area contributed by atoms with Crippen molar-refractivity contribution in [1.82, 2.24) is 0 Å². The van der Waals surface area contributed by atoms with Crippen molar-refractivity contribution in [3.63, 3.8) is 0 Å². The van der Waals surface area contributed by atoms with E-state index in [0.717, 1.165) is 51.4 Å². The first kappa shape index (κ1) is 56.6. The molecule has 8 atom stereocenters. The lowest BCUT2D eigenvalue weighted by Crippen LogP contribution is -2.64. The van der Waals surface area contributed by atoms with Gasteiger partial charge >= 0.3 is 19.8 Å². The highest BCUT2D eigenvalue weighted by molar-refractivity contribution is 7.47. The van der Waals surface area contributed by atoms with Gasteiger partial charge in [0.05, 0.1) is 6.61 Å². The van der Waals surface area contributed by atoms with Crippen LogP contribution in [-0.2, 0) is 32.7 Å². The van der Waals surface area contributed by atoms with E-state index in [1.54, 1.807) is 0 Å². The predicted molar refractivity (Wildman–Crippen MR) is 239 cm³/mol. The van der Waals surface area contributed by atoms with Gasteiger partial charge in [0, 0.05) is 12.8 Å². The van der Waals surface area contributed by atoms with Gasteiger partial charge in [0.15, 0.2) is 6.10 Å². The van der Waals surface area contributed by atoms with Gasteiger partial charge in [0.1, 0.15) is 43.2 Å². The summed E-state index contributed by atoms with van der Waals surface area (Å²) in [5, 5.41) is 50.1. The van der Waals surface area contributed by atoms with Gasteiger partial charge in [-0.3, -0.25) is 18.6 Å². The number of phosphoric ester groups is 1. The Morgan fingerprint density at radius 3 is 1.44 bits per heavy atom. The van der Waals surface area contributed by atoms with Gasteiger partial charge in [-0.15, -0.1) is 0 Å². The zero-order valence-corrected chi connectivity index (χ0v) is 38.1. The molecule has 61 heavy (non-hydrogen) atoms. The summed E-state index contributed by atoms with van der Waals surface area (Å²) in [5.41, 5.74) is 0. The number of carbonyl (C=O) groups is 2. The molecule has 0 radical (unpaired) electrons. The first-order valence-electron chi connectivity index (χ1n) is 23.1. The Labute approximate surface area is 366 Å². The van der Waals surface area contributed by atoms with Crippen molar-refractivity contribution in [1.29, 1.82) is 0 Å². The minimum Gasteiger partial charge on any atom is -0.462 e. The lowest BCUT2D eigenvalue weighted by molar-refractivity contribution is -0.220. The van der Waals surface area contributed by atoms with Crippen LogP contribution in [0, 0.1) is 0 Å². The van der Waals surface area contributed by atoms with E-state index in [-0.39, 0.29) is 12.8 Å². The van der Waals surface area contributed by atoms with Crippen molar-refractivity contribution in [2.24, 2.45) is 0 Å². The molecular formula is C47H81O13P. The number of rotatable bonds is 37. The third kappa shape index (κ3) is 29.5. The summed E-state index contributed by atoms with van der Waals surface area (Å²) in [5.74, 6) is -1.19. The maximum atomic E-state index is 12.8. The van der Waals surface area contributed by atoms with Crippen LogP contribution in [0.3, 0.4) is 0 Å². The summed E-state index contributed by atoms with van der Waals surface area (Å²) in [6.07, 6.45) is 31.4. The van der Waals surface area contributed by atoms with Crippen LogP contribution in [0.2, 0.25) is 0 Å². The second kappa shape index (κ2) is 37.0. The van der Waals surface area contributed by atoms with Crippen molar-refractivity contribution in [3.05, 3.63) is 60.8 Å². The Bertz CT molecular complexity index is 1300. The largest absolute Gasteiger partial charge is 0.472 e. The molecule has 1 aliphatic rings. The first-order valence-corrected chi connectivity index (χ1v) is 24.6. The van der Waals surface area contributed by atoms with Gasteiger partial charge in [-0.1, -0.05) is 139 Å². The Morgan fingerprint density at radius 1 is 0.508 bits per heavy atom. The number of esters is 2. The van der Waals surface area contributed by atoms with Crippen molar-refractivity contribution in [3.8, 4) is 0 Å². The fourth-order valence-electron chi connectivity index (χ4n) is 6.57. The molecule has 1 aliphatic carbocycles. The zero-order valence-electron chi connectivity index (χ0n) is 37.2. The molecule has 1 rings (SSSR count). The highest BCUT2D eigenvalue weighted by Crippen LogP contribution is 2.47. The molecule has 0 saturated heterocycles. The minimum absolute atomic E-state index is 0.0158. The molecule has 6 N–H and O–H groups in total. The molecule has 352 valence electrons. The molecule has 13 nitrogen and oxygen atoms in total. The minimum atomic E-state index is -5.14. The third-order valence-corrected chi connectivity index (χ3v) is 11.3. The monoisotopic (exact) mass is 885 g/mol. The van der Waals surface area contributed by atoms with Crippen molar-refractivity contribution < 1.29 is 63.1 Å². The molecule has 0 aromatic rings. The number of allylic oxidation sites excluding steroid dienone is 10. The number of hydrogen-bond donors (Lipinski definition) is 6. The van der Waals surface area contributed by atoms with Gasteiger partial charge in [-0.2, -0.15) is 0 Å². The molecular weight excluding hydrogens is 803 g/mol. The number of hydrogen-bond acceptors (Lipinski definition) is 12. The Hall–Kier alpha value is -2.45. The topological polar surface area (TPSA) is 210 Å². The lowest BCUT2D eigenvalue weighted by Gasteiger charge is -2.41. The summed E-state index contributed by atoms with van der Waals surface area (Å²) in [6.45, 7) is 3.20. The van der Waals surface area contributed by atoms with Gasteiger partial charge < -0.3 is 39.9 Å². The quantitative estimate of drug-likeness (QED) is 0.0149. The fraction of sp³-hybridized carbons (Fsp3) is 0.745. The Morgan fingerprint density at radius 2 is 0.902 bits per heavy atom. The number of aliphatic hydroxyl groups excluding tert-OH is 5. The second-order valence-electron chi connectivity index (χ2n) is 15.9. The van der Waals surface area contributed by atoms with Crippen molar-refractivity contribution >= 4 is 19.8 Å². The van der Waals surface area contributed by atoms with Crippen LogP contribution in [-0.4, -0.2) is 98.3 Å². The van der Waals surface area contributed by atoms with E-state index in [2.05, 4.69) is 62.5 Å². The summed E-state index contributed by atoms with van der Waals surface area (Å²) < 4.78 is 33.4. The van der Waals surface area contributed by atoms with E-state index < -0.39 is 75.7 Å². The highest BCUT2D eigenvalue weighted by Gasteiger charge is 2.51. The van der Waals surface area contributed by atoms with Crippen LogP contribution in [0.15, 0.2) is 60.8 Å². The van der Waals surface area contributed by atoms with Gasteiger partial charge in [-0.25, -0.2) is 4.57 Å². The summed E-state index contributed by atoms with van der Waals surface area (Å²) in [6, 6.07) is 0. The molecule has 0 bridgehead atoms. The number of unbranched alkanes of at least 4 members (excludes halogenated alkanes) is 15. The number of carbonyl (C=O) groups excluding carboxylic acids is 2. The molecule has 0 spiro atoms. The van der Waals surface area contributed by atoms with Gasteiger partial charge in [0.2, 0.25) is 0 Å². The number of aliphatic hydroxyl groups is 5. The summed E-state index contributed by atoms with van der Waals surface area (Å²) in [4.78, 5) is 35.7. The predicted octanol–water partition coefficient (Wildman–Crippen LogP) is 8.94. The van der Waals surface area contributed by atoms with E-state index in [9.17, 15) is 44.6 Å². The maximum Gasteiger partial charge on any atom is 0.472 e. The standard InChI is InChI=1S/C47H81O13P/c1-3-5-7-9-11-13-15-17-19-20-22-24-26-28-30-32-34-36-41(49)59-39(38-58-61(55,56)60-47-45(53)43(51)42(50)44(52)46(47)54)37-57-40(48)35-33-31-29-27-25-23-21-18-16-14-12-10-8-6-4-2/h11,13,17,19,22-25,28,30,39,42-47,50-54H,3-10,12,14-16,18,20-21,26-27,29,31-38H2,1-2H3,(H,55,56)/b13-11+,19-17+,24-22+,25-23+,30-28+/t39-,42?,43+,44?,45?,46?,47?/m1/s1. The first-order chi connectivity index (χ1) is 29.4. The second-order valence-corrected chi connectivity index (χ2v) is 17.3. The normalized spacial score (nSPS) is 22.6. The molecule has 0 heterocycles. The molecule has 14 heteroatoms. The highest BCUT2D eigenvalue weighted by atomic mass is 31.2. The third-order valence-electron chi connectivity index (χ3n) is 10.3. The molecule has 6 unspecified atom stereocenters. The summed E-state index contributed by atoms with van der Waals surface area (Å²) >= 11 is 0. The lowest BCUT2D eigenvalue weighted by atomic mass is 9.85. The Balaban J connectivity index is 2.53. The number of phosphoric acid groups is 1. The van der Waals surface area contributed by atoms with Crippen LogP contribution < -0.4 is 0 Å². The van der Waals surface area contributed by atoms with E-state index in [4.69, 9.17) is 18.5 Å². The van der Waals surface area contributed by atoms with Crippen LogP contribution in [0.1, 0.15) is 168 Å². The van der Waals surface area contributed by atoms with Crippen LogP contribution in [0.5, 0.6) is 0 Å². The van der Waals surface area contributed by atoms with E-state index in [1.165, 1.54) is 70.6 Å². The smallest absolute Gasteiger partial charge is 0.462 e. The maximum absolute atomic E-state index is 12.8. The average Bonchev–Trinajstić information content (AvgIpc) is 3.24. The van der Waals surface area contributed by atoms with Crippen molar-refractivity contribution in [2.75, 3.05) is 13.2 Å². The van der Waals surface area contributed by atoms with E-state index in [1.807, 2.05) is 12.2 Å². The average molecular weight is 885 g/mol. The molecule has 0 aromatic carbocycles. The number of ether oxygens (including phenoxy) is 2. The van der Waals surface area contributed by atoms with E-state index >= 15 is 0 Å². The SMILES string of the molecule is CCCCC/C=C/C/C=C/C/C=C/C/C=C/CCCC(=O)O[C@H](COC(=O)CCCCC/C=C/CCCCCCCCCC)COP(=O)(O)OC1C(O)C(O)C(O)[C@H](O)C1O. The molecule has 1 fully saturated rings. The fourth-order valence-corrected chi connectivity index (χ4v) is 7.54. The molecule has 1 saturated carbocycles. The van der Waals surface area contributed by atoms with Crippen molar-refractivity contribution in [2.45, 2.75) is 211 Å².